The van der Waals surface area contributed by atoms with Crippen LogP contribution in [0.15, 0.2) is 164 Å². The maximum absolute atomic E-state index is 8.55. The van der Waals surface area contributed by atoms with E-state index in [1.807, 2.05) is 65.9 Å². The molecular formula is C48H35N3S2. The Bertz CT molecular complexity index is 2890. The maximum Gasteiger partial charge on any atom is 0.0805 e. The molecule has 5 heteroatoms. The zero-order valence-electron chi connectivity index (χ0n) is 29.1. The molecule has 9 aromatic rings. The standard InChI is InChI=1S/C27H19NS.C21H16N2S/c1-17-18-11-12-22-20(13-14-26-27(22)23-8-4-6-10-25(23)29-26)21(18)15-16-28(2)24-9-5-3-7-19(17)24;22-19(21-20(23)17-8-4-5-9-18(17)24-21)16-12-10-15(11-13-16)14-6-2-1-3-7-14/h3-16H,1H2,2H3;1-13,22H,23H2/b16-15-;. The van der Waals surface area contributed by atoms with Gasteiger partial charge in [-0.1, -0.05) is 134 Å². The lowest BCUT2D eigenvalue weighted by atomic mass is 9.88. The van der Waals surface area contributed by atoms with Crippen LogP contribution in [0.25, 0.3) is 63.8 Å². The van der Waals surface area contributed by atoms with Gasteiger partial charge in [-0.15, -0.1) is 22.7 Å². The van der Waals surface area contributed by atoms with Crippen LogP contribution in [0.2, 0.25) is 0 Å². The van der Waals surface area contributed by atoms with E-state index in [0.717, 1.165) is 31.7 Å². The van der Waals surface area contributed by atoms with Crippen LogP contribution in [0, 0.1) is 5.41 Å². The molecule has 0 spiro atoms. The maximum atomic E-state index is 8.55. The molecule has 0 aliphatic carbocycles. The highest BCUT2D eigenvalue weighted by atomic mass is 32.1. The molecule has 0 bridgehead atoms. The first kappa shape index (κ1) is 32.6. The lowest BCUT2D eigenvalue weighted by Crippen LogP contribution is -2.12. The second-order valence-electron chi connectivity index (χ2n) is 13.2. The van der Waals surface area contributed by atoms with E-state index in [2.05, 4.69) is 128 Å². The SMILES string of the molecule is C=C1c2ccccc2N(C)/C=C\c2c1ccc1c2ccc2sc3ccccc3c21.N=C(c1ccc(-c2ccccc2)cc1)c1sc2ccccc2c1N. The molecule has 7 aromatic carbocycles. The van der Waals surface area contributed by atoms with Gasteiger partial charge >= 0.3 is 0 Å². The third-order valence-electron chi connectivity index (χ3n) is 10.1. The van der Waals surface area contributed by atoms with Gasteiger partial charge in [0.2, 0.25) is 0 Å². The van der Waals surface area contributed by atoms with E-state index in [0.29, 0.717) is 11.4 Å². The molecule has 10 rings (SSSR count). The summed E-state index contributed by atoms with van der Waals surface area (Å²) in [6, 6.07) is 52.7. The zero-order chi connectivity index (χ0) is 36.1. The highest BCUT2D eigenvalue weighted by Gasteiger charge is 2.19. The van der Waals surface area contributed by atoms with Crippen molar-refractivity contribution in [3.8, 4) is 11.1 Å². The monoisotopic (exact) mass is 717 g/mol. The van der Waals surface area contributed by atoms with Crippen molar-refractivity contribution in [1.82, 2.24) is 0 Å². The minimum absolute atomic E-state index is 0.480. The Balaban J connectivity index is 0.000000143. The second kappa shape index (κ2) is 13.4. The Kier molecular flexibility index (Phi) is 8.23. The Morgan fingerprint density at radius 1 is 0.585 bits per heavy atom. The molecule has 0 unspecified atom stereocenters. The predicted molar refractivity (Wildman–Crippen MR) is 233 cm³/mol. The van der Waals surface area contributed by atoms with E-state index < -0.39 is 0 Å². The van der Waals surface area contributed by atoms with Crippen LogP contribution < -0.4 is 10.6 Å². The molecule has 2 aromatic heterocycles. The Labute approximate surface area is 316 Å². The van der Waals surface area contributed by atoms with Crippen LogP contribution in [0.3, 0.4) is 0 Å². The summed E-state index contributed by atoms with van der Waals surface area (Å²) in [6.45, 7) is 4.48. The van der Waals surface area contributed by atoms with Gasteiger partial charge < -0.3 is 10.6 Å². The van der Waals surface area contributed by atoms with E-state index in [4.69, 9.17) is 11.1 Å². The summed E-state index contributed by atoms with van der Waals surface area (Å²) in [5, 5.41) is 14.9. The van der Waals surface area contributed by atoms with Crippen LogP contribution >= 0.6 is 22.7 Å². The number of nitrogen functional groups attached to an aromatic ring is 1. The number of thiophene rings is 2. The minimum atomic E-state index is 0.480. The number of nitrogens with zero attached hydrogens (tertiary/aromatic N) is 1. The first-order valence-corrected chi connectivity index (χ1v) is 19.2. The fraction of sp³-hybridized carbons (Fsp3) is 0.0208. The van der Waals surface area contributed by atoms with Crippen molar-refractivity contribution in [2.45, 2.75) is 0 Å². The molecule has 254 valence electrons. The summed E-state index contributed by atoms with van der Waals surface area (Å²) < 4.78 is 3.81. The van der Waals surface area contributed by atoms with Gasteiger partial charge in [0.05, 0.1) is 16.3 Å². The summed E-state index contributed by atoms with van der Waals surface area (Å²) in [5.41, 5.74) is 16.5. The number of nitrogens with one attached hydrogen (secondary N) is 1. The zero-order valence-corrected chi connectivity index (χ0v) is 30.8. The molecule has 0 amide bonds. The summed E-state index contributed by atoms with van der Waals surface area (Å²) in [5.74, 6) is 0. The van der Waals surface area contributed by atoms with Crippen molar-refractivity contribution in [2.75, 3.05) is 17.7 Å². The van der Waals surface area contributed by atoms with Crippen LogP contribution in [-0.4, -0.2) is 12.8 Å². The largest absolute Gasteiger partial charge is 0.397 e. The third-order valence-corrected chi connectivity index (χ3v) is 12.5. The Hall–Kier alpha value is -6.27. The number of rotatable bonds is 3. The molecule has 0 atom stereocenters. The fourth-order valence-electron chi connectivity index (χ4n) is 7.39. The van der Waals surface area contributed by atoms with Gasteiger partial charge in [0.15, 0.2) is 0 Å². The van der Waals surface area contributed by atoms with Crippen molar-refractivity contribution in [2.24, 2.45) is 0 Å². The summed E-state index contributed by atoms with van der Waals surface area (Å²) in [6.07, 6.45) is 4.40. The number of hydrogen-bond donors (Lipinski definition) is 2. The first-order chi connectivity index (χ1) is 26.0. The van der Waals surface area contributed by atoms with Gasteiger partial charge in [-0.05, 0) is 68.9 Å². The predicted octanol–water partition coefficient (Wildman–Crippen LogP) is 13.3. The highest BCUT2D eigenvalue weighted by Crippen LogP contribution is 2.43. The van der Waals surface area contributed by atoms with Crippen LogP contribution in [0.4, 0.5) is 11.4 Å². The molecule has 3 N–H and O–H groups in total. The van der Waals surface area contributed by atoms with E-state index in [-0.39, 0.29) is 0 Å². The van der Waals surface area contributed by atoms with Crippen LogP contribution in [0.5, 0.6) is 0 Å². The van der Waals surface area contributed by atoms with Crippen molar-refractivity contribution in [3.63, 3.8) is 0 Å². The minimum Gasteiger partial charge on any atom is -0.397 e. The van der Waals surface area contributed by atoms with Crippen molar-refractivity contribution < 1.29 is 0 Å². The molecule has 0 saturated carbocycles. The molecule has 0 fully saturated rings. The number of benzene rings is 7. The molecule has 3 heterocycles. The summed E-state index contributed by atoms with van der Waals surface area (Å²) in [7, 11) is 2.10. The quantitative estimate of drug-likeness (QED) is 0.179. The van der Waals surface area contributed by atoms with Gasteiger partial charge in [-0.2, -0.15) is 0 Å². The average Bonchev–Trinajstić information content (AvgIpc) is 3.77. The van der Waals surface area contributed by atoms with Crippen LogP contribution in [0.1, 0.15) is 27.1 Å². The van der Waals surface area contributed by atoms with Gasteiger partial charge in [0.25, 0.3) is 0 Å². The molecule has 3 nitrogen and oxygen atoms in total. The molecule has 0 saturated heterocycles. The van der Waals surface area contributed by atoms with Gasteiger partial charge in [-0.25, -0.2) is 0 Å². The van der Waals surface area contributed by atoms with Crippen molar-refractivity contribution >= 4 is 92.4 Å². The van der Waals surface area contributed by atoms with Gasteiger partial charge in [-0.3, -0.25) is 5.41 Å². The van der Waals surface area contributed by atoms with E-state index in [1.54, 1.807) is 11.3 Å². The molecular weight excluding hydrogens is 683 g/mol. The number of anilines is 2. The Morgan fingerprint density at radius 2 is 1.23 bits per heavy atom. The number of para-hydroxylation sites is 1. The summed E-state index contributed by atoms with van der Waals surface area (Å²) >= 11 is 3.45. The van der Waals surface area contributed by atoms with Crippen molar-refractivity contribution in [1.29, 1.82) is 5.41 Å². The average molecular weight is 718 g/mol. The summed E-state index contributed by atoms with van der Waals surface area (Å²) in [4.78, 5) is 3.02. The molecule has 0 radical (unpaired) electrons. The van der Waals surface area contributed by atoms with E-state index >= 15 is 0 Å². The van der Waals surface area contributed by atoms with Crippen molar-refractivity contribution in [3.05, 3.63) is 192 Å². The fourth-order valence-corrected chi connectivity index (χ4v) is 9.60. The normalized spacial score (nSPS) is 12.9. The highest BCUT2D eigenvalue weighted by molar-refractivity contribution is 7.26. The lowest BCUT2D eigenvalue weighted by molar-refractivity contribution is 1.20. The number of fused-ring (bicyclic) bond motifs is 9. The van der Waals surface area contributed by atoms with Gasteiger partial charge in [0.1, 0.15) is 0 Å². The second-order valence-corrected chi connectivity index (χ2v) is 15.4. The smallest absolute Gasteiger partial charge is 0.0805 e. The van der Waals surface area contributed by atoms with Gasteiger partial charge in [0, 0.05) is 60.3 Å². The third kappa shape index (κ3) is 5.71. The number of nitrogens with two attached hydrogens (primary N) is 1. The molecule has 1 aliphatic rings. The molecule has 1 aliphatic heterocycles. The topological polar surface area (TPSA) is 53.1 Å². The first-order valence-electron chi connectivity index (χ1n) is 17.5. The Morgan fingerprint density at radius 3 is 2.00 bits per heavy atom. The van der Waals surface area contributed by atoms with Crippen LogP contribution in [-0.2, 0) is 0 Å². The number of hydrogen-bond acceptors (Lipinski definition) is 5. The van der Waals surface area contributed by atoms with E-state index in [9.17, 15) is 0 Å². The van der Waals surface area contributed by atoms with E-state index in [1.165, 1.54) is 58.9 Å². The lowest BCUT2D eigenvalue weighted by Gasteiger charge is -2.24. The molecule has 53 heavy (non-hydrogen) atoms.